The lowest BCUT2D eigenvalue weighted by Crippen LogP contribution is -2.35. The van der Waals surface area contributed by atoms with Crippen molar-refractivity contribution in [3.8, 4) is 5.75 Å². The number of hydrogen-bond acceptors (Lipinski definition) is 5. The quantitative estimate of drug-likeness (QED) is 0.723. The van der Waals surface area contributed by atoms with Crippen LogP contribution in [0, 0.1) is 0 Å². The number of benzene rings is 1. The molecular formula is C17H24N2O4S. The summed E-state index contributed by atoms with van der Waals surface area (Å²) >= 11 is 1.58. The zero-order valence-electron chi connectivity index (χ0n) is 14.3. The lowest BCUT2D eigenvalue weighted by Gasteiger charge is -2.25. The van der Waals surface area contributed by atoms with Crippen LogP contribution in [0.4, 0.5) is 0 Å². The van der Waals surface area contributed by atoms with E-state index < -0.39 is 0 Å². The van der Waals surface area contributed by atoms with Gasteiger partial charge in [0.2, 0.25) is 11.8 Å². The van der Waals surface area contributed by atoms with Crippen LogP contribution in [0.15, 0.2) is 24.3 Å². The molecule has 0 radical (unpaired) electrons. The summed E-state index contributed by atoms with van der Waals surface area (Å²) in [7, 11) is 3.21. The number of amides is 2. The van der Waals surface area contributed by atoms with Crippen molar-refractivity contribution in [2.24, 2.45) is 0 Å². The van der Waals surface area contributed by atoms with E-state index in [2.05, 4.69) is 5.32 Å². The Kier molecular flexibility index (Phi) is 6.93. The van der Waals surface area contributed by atoms with E-state index in [0.717, 1.165) is 11.3 Å². The Hall–Kier alpha value is -1.73. The molecule has 0 unspecified atom stereocenters. The molecule has 132 valence electrons. The molecule has 2 rings (SSSR count). The molecule has 24 heavy (non-hydrogen) atoms. The van der Waals surface area contributed by atoms with Crippen molar-refractivity contribution in [3.63, 3.8) is 0 Å². The van der Waals surface area contributed by atoms with Gasteiger partial charge in [-0.2, -0.15) is 0 Å². The molecule has 2 amide bonds. The van der Waals surface area contributed by atoms with Crippen LogP contribution < -0.4 is 10.1 Å². The summed E-state index contributed by atoms with van der Waals surface area (Å²) in [6, 6.07) is 7.69. The maximum Gasteiger partial charge on any atom is 0.236 e. The van der Waals surface area contributed by atoms with Gasteiger partial charge >= 0.3 is 0 Å². The van der Waals surface area contributed by atoms with E-state index in [1.54, 1.807) is 30.9 Å². The highest BCUT2D eigenvalue weighted by Crippen LogP contribution is 2.45. The molecule has 1 N–H and O–H groups in total. The van der Waals surface area contributed by atoms with E-state index in [9.17, 15) is 9.59 Å². The number of nitrogens with zero attached hydrogens (tertiary/aromatic N) is 1. The van der Waals surface area contributed by atoms with Gasteiger partial charge in [0, 0.05) is 32.2 Å². The number of methoxy groups -OCH3 is 2. The number of ether oxygens (including phenoxy) is 2. The predicted octanol–water partition coefficient (Wildman–Crippen LogP) is 1.81. The Labute approximate surface area is 146 Å². The summed E-state index contributed by atoms with van der Waals surface area (Å²) in [5.41, 5.74) is 0.961. The van der Waals surface area contributed by atoms with Crippen molar-refractivity contribution in [2.75, 3.05) is 33.9 Å². The first-order valence-corrected chi connectivity index (χ1v) is 8.87. The number of rotatable bonds is 8. The van der Waals surface area contributed by atoms with Gasteiger partial charge in [0.25, 0.3) is 0 Å². The second-order valence-corrected chi connectivity index (χ2v) is 6.92. The SMILES string of the molecule is COCCNC(=O)CCN1C(=O)[C@H](C)S[C@H]1c1ccccc1OC. The highest BCUT2D eigenvalue weighted by molar-refractivity contribution is 8.01. The van der Waals surface area contributed by atoms with Crippen molar-refractivity contribution >= 4 is 23.6 Å². The second-order valence-electron chi connectivity index (χ2n) is 5.50. The highest BCUT2D eigenvalue weighted by Gasteiger charge is 2.39. The molecule has 1 saturated heterocycles. The summed E-state index contributed by atoms with van der Waals surface area (Å²) in [5, 5.41) is 2.52. The Morgan fingerprint density at radius 2 is 2.08 bits per heavy atom. The Bertz CT molecular complexity index is 581. The van der Waals surface area contributed by atoms with E-state index >= 15 is 0 Å². The van der Waals surface area contributed by atoms with Crippen molar-refractivity contribution in [3.05, 3.63) is 29.8 Å². The predicted molar refractivity (Wildman–Crippen MR) is 94.0 cm³/mol. The average molecular weight is 352 g/mol. The highest BCUT2D eigenvalue weighted by atomic mass is 32.2. The third kappa shape index (κ3) is 4.42. The Balaban J connectivity index is 2.05. The minimum Gasteiger partial charge on any atom is -0.496 e. The standard InChI is InChI=1S/C17H24N2O4S/c1-12-16(21)19(10-8-15(20)18-9-11-22-2)17(24-12)13-6-4-5-7-14(13)23-3/h4-7,12,17H,8-11H2,1-3H3,(H,18,20)/t12-,17-/m0/s1. The number of para-hydroxylation sites is 1. The van der Waals surface area contributed by atoms with Crippen molar-refractivity contribution in [1.82, 2.24) is 10.2 Å². The van der Waals surface area contributed by atoms with Gasteiger partial charge in [-0.15, -0.1) is 11.8 Å². The first-order valence-electron chi connectivity index (χ1n) is 7.93. The molecule has 1 heterocycles. The summed E-state index contributed by atoms with van der Waals surface area (Å²) < 4.78 is 10.3. The summed E-state index contributed by atoms with van der Waals surface area (Å²) in [4.78, 5) is 26.1. The molecule has 0 aromatic heterocycles. The van der Waals surface area contributed by atoms with Gasteiger partial charge in [0.05, 0.1) is 19.0 Å². The summed E-state index contributed by atoms with van der Waals surface area (Å²) in [6.45, 7) is 3.24. The van der Waals surface area contributed by atoms with Crippen molar-refractivity contribution in [1.29, 1.82) is 0 Å². The van der Waals surface area contributed by atoms with Crippen LogP contribution in [-0.4, -0.2) is 55.9 Å². The molecule has 7 heteroatoms. The normalized spacial score (nSPS) is 20.3. The zero-order chi connectivity index (χ0) is 17.5. The minimum atomic E-state index is -0.129. The van der Waals surface area contributed by atoms with E-state index in [4.69, 9.17) is 9.47 Å². The van der Waals surface area contributed by atoms with Crippen LogP contribution in [0.25, 0.3) is 0 Å². The Morgan fingerprint density at radius 1 is 1.33 bits per heavy atom. The number of hydrogen-bond donors (Lipinski definition) is 1. The van der Waals surface area contributed by atoms with E-state index in [-0.39, 0.29) is 28.9 Å². The van der Waals surface area contributed by atoms with Gasteiger partial charge in [0.15, 0.2) is 0 Å². The minimum absolute atomic E-state index is 0.0561. The molecule has 0 spiro atoms. The van der Waals surface area contributed by atoms with Crippen LogP contribution >= 0.6 is 11.8 Å². The summed E-state index contributed by atoms with van der Waals surface area (Å²) in [5.74, 6) is 0.732. The van der Waals surface area contributed by atoms with Crippen LogP contribution in [0.5, 0.6) is 5.75 Å². The molecule has 0 saturated carbocycles. The topological polar surface area (TPSA) is 67.9 Å². The molecule has 0 aliphatic carbocycles. The van der Waals surface area contributed by atoms with Gasteiger partial charge in [-0.1, -0.05) is 18.2 Å². The van der Waals surface area contributed by atoms with E-state index in [1.165, 1.54) is 0 Å². The van der Waals surface area contributed by atoms with Crippen LogP contribution in [-0.2, 0) is 14.3 Å². The smallest absolute Gasteiger partial charge is 0.236 e. The first-order chi connectivity index (χ1) is 11.6. The third-order valence-electron chi connectivity index (χ3n) is 3.86. The molecule has 1 aliphatic heterocycles. The fourth-order valence-electron chi connectivity index (χ4n) is 2.62. The maximum absolute atomic E-state index is 12.5. The maximum atomic E-state index is 12.5. The third-order valence-corrected chi connectivity index (χ3v) is 5.24. The van der Waals surface area contributed by atoms with Gasteiger partial charge < -0.3 is 19.7 Å². The van der Waals surface area contributed by atoms with Gasteiger partial charge in [0.1, 0.15) is 11.1 Å². The molecular weight excluding hydrogens is 328 g/mol. The summed E-state index contributed by atoms with van der Waals surface area (Å²) in [6.07, 6.45) is 0.272. The molecule has 6 nitrogen and oxygen atoms in total. The van der Waals surface area contributed by atoms with E-state index in [1.807, 2.05) is 31.2 Å². The second kappa shape index (κ2) is 8.94. The lowest BCUT2D eigenvalue weighted by molar-refractivity contribution is -0.130. The van der Waals surface area contributed by atoms with Crippen molar-refractivity contribution < 1.29 is 19.1 Å². The van der Waals surface area contributed by atoms with Crippen LogP contribution in [0.2, 0.25) is 0 Å². The van der Waals surface area contributed by atoms with Crippen LogP contribution in [0.1, 0.15) is 24.3 Å². The van der Waals surface area contributed by atoms with Gasteiger partial charge in [-0.3, -0.25) is 9.59 Å². The number of carbonyl (C=O) groups is 2. The largest absolute Gasteiger partial charge is 0.496 e. The average Bonchev–Trinajstić information content (AvgIpc) is 2.88. The van der Waals surface area contributed by atoms with Crippen LogP contribution in [0.3, 0.4) is 0 Å². The Morgan fingerprint density at radius 3 is 2.79 bits per heavy atom. The molecule has 2 atom stereocenters. The molecule has 0 bridgehead atoms. The fraction of sp³-hybridized carbons (Fsp3) is 0.529. The van der Waals surface area contributed by atoms with E-state index in [0.29, 0.717) is 19.7 Å². The number of nitrogens with one attached hydrogen (secondary N) is 1. The number of thioether (sulfide) groups is 1. The molecule has 1 fully saturated rings. The molecule has 1 aromatic rings. The molecule has 1 aliphatic rings. The van der Waals surface area contributed by atoms with Crippen molar-refractivity contribution in [2.45, 2.75) is 24.0 Å². The molecule has 1 aromatic carbocycles. The lowest BCUT2D eigenvalue weighted by atomic mass is 10.1. The zero-order valence-corrected chi connectivity index (χ0v) is 15.1. The number of carbonyl (C=O) groups excluding carboxylic acids is 2. The van der Waals surface area contributed by atoms with Gasteiger partial charge in [-0.05, 0) is 13.0 Å². The first kappa shape index (κ1) is 18.6. The van der Waals surface area contributed by atoms with Gasteiger partial charge in [-0.25, -0.2) is 0 Å². The monoisotopic (exact) mass is 352 g/mol. The fourth-order valence-corrected chi connectivity index (χ4v) is 3.95.